The highest BCUT2D eigenvalue weighted by Gasteiger charge is 2.15. The molecule has 140 valence electrons. The third kappa shape index (κ3) is 5.47. The Morgan fingerprint density at radius 1 is 1.15 bits per heavy atom. The Bertz CT molecular complexity index is 749. The van der Waals surface area contributed by atoms with E-state index in [1.165, 1.54) is 0 Å². The number of carbonyl (C=O) groups is 1. The van der Waals surface area contributed by atoms with Crippen molar-refractivity contribution < 1.29 is 19.0 Å². The molecule has 0 saturated carbocycles. The molecule has 0 heterocycles. The van der Waals surface area contributed by atoms with Crippen molar-refractivity contribution in [3.63, 3.8) is 0 Å². The summed E-state index contributed by atoms with van der Waals surface area (Å²) in [6.45, 7) is 3.59. The smallest absolute Gasteiger partial charge is 0.251 e. The van der Waals surface area contributed by atoms with Gasteiger partial charge in [0.1, 0.15) is 0 Å². The molecule has 2 aromatic carbocycles. The Kier molecular flexibility index (Phi) is 7.94. The molecule has 2 rings (SSSR count). The summed E-state index contributed by atoms with van der Waals surface area (Å²) in [5, 5.41) is 2.93. The zero-order valence-corrected chi connectivity index (χ0v) is 16.9. The molecule has 0 aromatic heterocycles. The van der Waals surface area contributed by atoms with Gasteiger partial charge in [-0.25, -0.2) is 0 Å². The van der Waals surface area contributed by atoms with Crippen LogP contribution < -0.4 is 14.8 Å². The Labute approximate surface area is 162 Å². The first-order valence-electron chi connectivity index (χ1n) is 8.44. The number of halogens is 1. The van der Waals surface area contributed by atoms with Gasteiger partial charge in [0.25, 0.3) is 5.91 Å². The minimum Gasteiger partial charge on any atom is -0.493 e. The second-order valence-corrected chi connectivity index (χ2v) is 6.63. The maximum absolute atomic E-state index is 12.5. The fourth-order valence-corrected chi connectivity index (χ4v) is 3.03. The maximum Gasteiger partial charge on any atom is 0.251 e. The van der Waals surface area contributed by atoms with E-state index in [4.69, 9.17) is 14.2 Å². The van der Waals surface area contributed by atoms with E-state index in [-0.39, 0.29) is 5.91 Å². The van der Waals surface area contributed by atoms with Crippen LogP contribution in [0.5, 0.6) is 11.5 Å². The first kappa shape index (κ1) is 20.3. The van der Waals surface area contributed by atoms with E-state index in [0.717, 1.165) is 17.5 Å². The SMILES string of the molecule is CCCOc1c(Br)cc(C(=O)NCc2cccc(COC)c2)cc1OC. The molecule has 1 N–H and O–H groups in total. The average Bonchev–Trinajstić information content (AvgIpc) is 2.65. The van der Waals surface area contributed by atoms with Crippen molar-refractivity contribution in [1.82, 2.24) is 5.32 Å². The minimum absolute atomic E-state index is 0.178. The number of carbonyl (C=O) groups excluding carboxylic acids is 1. The third-order valence-corrected chi connectivity index (χ3v) is 4.29. The Morgan fingerprint density at radius 2 is 1.92 bits per heavy atom. The van der Waals surface area contributed by atoms with Crippen LogP contribution in [-0.4, -0.2) is 26.7 Å². The first-order valence-corrected chi connectivity index (χ1v) is 9.23. The number of nitrogens with one attached hydrogen (secondary N) is 1. The molecular formula is C20H24BrNO4. The van der Waals surface area contributed by atoms with Crippen molar-refractivity contribution in [1.29, 1.82) is 0 Å². The van der Waals surface area contributed by atoms with E-state index in [1.54, 1.807) is 26.4 Å². The first-order chi connectivity index (χ1) is 12.6. The summed E-state index contributed by atoms with van der Waals surface area (Å²) < 4.78 is 16.9. The van der Waals surface area contributed by atoms with Gasteiger partial charge in [-0.3, -0.25) is 4.79 Å². The van der Waals surface area contributed by atoms with Crippen LogP contribution in [0.15, 0.2) is 40.9 Å². The monoisotopic (exact) mass is 421 g/mol. The van der Waals surface area contributed by atoms with Gasteiger partial charge in [-0.2, -0.15) is 0 Å². The molecule has 0 aliphatic rings. The van der Waals surface area contributed by atoms with Gasteiger partial charge < -0.3 is 19.5 Å². The van der Waals surface area contributed by atoms with Gasteiger partial charge in [-0.15, -0.1) is 0 Å². The summed E-state index contributed by atoms with van der Waals surface area (Å²) in [4.78, 5) is 12.5. The predicted molar refractivity (Wildman–Crippen MR) is 105 cm³/mol. The van der Waals surface area contributed by atoms with Crippen molar-refractivity contribution in [3.8, 4) is 11.5 Å². The second-order valence-electron chi connectivity index (χ2n) is 5.77. The number of benzene rings is 2. The lowest BCUT2D eigenvalue weighted by Crippen LogP contribution is -2.23. The molecule has 2 aromatic rings. The summed E-state index contributed by atoms with van der Waals surface area (Å²) >= 11 is 3.46. The fourth-order valence-electron chi connectivity index (χ4n) is 2.48. The van der Waals surface area contributed by atoms with Crippen LogP contribution in [0.3, 0.4) is 0 Å². The van der Waals surface area contributed by atoms with Gasteiger partial charge in [0.2, 0.25) is 0 Å². The number of rotatable bonds is 9. The van der Waals surface area contributed by atoms with Gasteiger partial charge in [-0.1, -0.05) is 31.2 Å². The number of hydrogen-bond acceptors (Lipinski definition) is 4. The summed E-state index contributed by atoms with van der Waals surface area (Å²) in [6.07, 6.45) is 0.889. The molecule has 0 atom stereocenters. The quantitative estimate of drug-likeness (QED) is 0.654. The lowest BCUT2D eigenvalue weighted by molar-refractivity contribution is 0.0950. The number of ether oxygens (including phenoxy) is 3. The van der Waals surface area contributed by atoms with Crippen LogP contribution in [0.2, 0.25) is 0 Å². The standard InChI is InChI=1S/C20H24BrNO4/c1-4-8-26-19-17(21)10-16(11-18(19)25-3)20(23)22-12-14-6-5-7-15(9-14)13-24-2/h5-7,9-11H,4,8,12-13H2,1-3H3,(H,22,23). The largest absolute Gasteiger partial charge is 0.493 e. The van der Waals surface area contributed by atoms with Gasteiger partial charge in [0.05, 0.1) is 24.8 Å². The zero-order chi connectivity index (χ0) is 18.9. The van der Waals surface area contributed by atoms with Crippen LogP contribution in [0.1, 0.15) is 34.8 Å². The van der Waals surface area contributed by atoms with Crippen molar-refractivity contribution in [2.24, 2.45) is 0 Å². The van der Waals surface area contributed by atoms with E-state index >= 15 is 0 Å². The van der Waals surface area contributed by atoms with Crippen molar-refractivity contribution in [2.75, 3.05) is 20.8 Å². The highest BCUT2D eigenvalue weighted by molar-refractivity contribution is 9.10. The predicted octanol–water partition coefficient (Wildman–Crippen LogP) is 4.32. The molecule has 0 radical (unpaired) electrons. The van der Waals surface area contributed by atoms with Crippen LogP contribution in [0, 0.1) is 0 Å². The molecule has 1 amide bonds. The van der Waals surface area contributed by atoms with E-state index in [2.05, 4.69) is 21.2 Å². The van der Waals surface area contributed by atoms with Gasteiger partial charge in [0, 0.05) is 19.2 Å². The topological polar surface area (TPSA) is 56.8 Å². The van der Waals surface area contributed by atoms with Crippen LogP contribution in [-0.2, 0) is 17.9 Å². The highest BCUT2D eigenvalue weighted by Crippen LogP contribution is 2.36. The molecule has 26 heavy (non-hydrogen) atoms. The summed E-state index contributed by atoms with van der Waals surface area (Å²) in [6, 6.07) is 11.4. The Balaban J connectivity index is 2.09. The van der Waals surface area contributed by atoms with Crippen LogP contribution >= 0.6 is 15.9 Å². The number of methoxy groups -OCH3 is 2. The number of amides is 1. The van der Waals surface area contributed by atoms with Crippen LogP contribution in [0.4, 0.5) is 0 Å². The molecule has 0 unspecified atom stereocenters. The van der Waals surface area contributed by atoms with E-state index < -0.39 is 0 Å². The molecule has 0 saturated heterocycles. The molecule has 0 aliphatic carbocycles. The third-order valence-electron chi connectivity index (χ3n) is 3.70. The van der Waals surface area contributed by atoms with Crippen molar-refractivity contribution >= 4 is 21.8 Å². The van der Waals surface area contributed by atoms with Crippen molar-refractivity contribution in [2.45, 2.75) is 26.5 Å². The van der Waals surface area contributed by atoms with E-state index in [9.17, 15) is 4.79 Å². The molecule has 5 nitrogen and oxygen atoms in total. The Hall–Kier alpha value is -2.05. The summed E-state index contributed by atoms with van der Waals surface area (Å²) in [7, 11) is 3.22. The van der Waals surface area contributed by atoms with Gasteiger partial charge in [-0.05, 0) is 45.6 Å². The Morgan fingerprint density at radius 3 is 2.62 bits per heavy atom. The summed E-state index contributed by atoms with van der Waals surface area (Å²) in [5.41, 5.74) is 2.59. The molecule has 0 fully saturated rings. The highest BCUT2D eigenvalue weighted by atomic mass is 79.9. The van der Waals surface area contributed by atoms with Crippen LogP contribution in [0.25, 0.3) is 0 Å². The molecule has 0 aliphatic heterocycles. The number of hydrogen-bond donors (Lipinski definition) is 1. The zero-order valence-electron chi connectivity index (χ0n) is 15.3. The van der Waals surface area contributed by atoms with Gasteiger partial charge in [0.15, 0.2) is 11.5 Å². The average molecular weight is 422 g/mol. The van der Waals surface area contributed by atoms with E-state index in [1.807, 2.05) is 31.2 Å². The second kappa shape index (κ2) is 10.2. The molecular weight excluding hydrogens is 398 g/mol. The molecule has 6 heteroatoms. The lowest BCUT2D eigenvalue weighted by Gasteiger charge is -2.14. The fraction of sp³-hybridized carbons (Fsp3) is 0.350. The molecule has 0 spiro atoms. The minimum atomic E-state index is -0.178. The lowest BCUT2D eigenvalue weighted by atomic mass is 10.1. The van der Waals surface area contributed by atoms with Crippen molar-refractivity contribution in [3.05, 3.63) is 57.6 Å². The maximum atomic E-state index is 12.5. The van der Waals surface area contributed by atoms with E-state index in [0.29, 0.717) is 41.3 Å². The van der Waals surface area contributed by atoms with Gasteiger partial charge >= 0.3 is 0 Å². The molecule has 0 bridgehead atoms. The normalized spacial score (nSPS) is 10.5. The summed E-state index contributed by atoms with van der Waals surface area (Å²) in [5.74, 6) is 0.960.